The summed E-state index contributed by atoms with van der Waals surface area (Å²) in [4.78, 5) is 0. The molecule has 0 aliphatic rings. The van der Waals surface area contributed by atoms with Gasteiger partial charge in [-0.2, -0.15) is 0 Å². The van der Waals surface area contributed by atoms with Crippen molar-refractivity contribution in [3.63, 3.8) is 0 Å². The van der Waals surface area contributed by atoms with Crippen LogP contribution in [0.15, 0.2) is 44.4 Å². The van der Waals surface area contributed by atoms with Crippen molar-refractivity contribution >= 4 is 48.9 Å². The Morgan fingerprint density at radius 3 is 2.67 bits per heavy atom. The van der Waals surface area contributed by atoms with E-state index in [9.17, 15) is 8.42 Å². The van der Waals surface area contributed by atoms with Gasteiger partial charge in [0.05, 0.1) is 3.79 Å². The first-order chi connectivity index (χ1) is 8.47. The minimum atomic E-state index is -3.46. The molecule has 3 nitrogen and oxygen atoms in total. The smallest absolute Gasteiger partial charge is 0.206 e. The molecule has 18 heavy (non-hydrogen) atoms. The molecular weight excluding hydrogens is 358 g/mol. The summed E-state index contributed by atoms with van der Waals surface area (Å²) in [7, 11) is -3.46. The largest absolute Gasteiger partial charge is 0.250 e. The van der Waals surface area contributed by atoms with E-state index in [0.29, 0.717) is 5.02 Å². The lowest BCUT2D eigenvalue weighted by atomic mass is 10.2. The zero-order chi connectivity index (χ0) is 13.2. The van der Waals surface area contributed by atoms with Crippen LogP contribution in [0.2, 0.25) is 5.02 Å². The number of hydrogen-bond donors (Lipinski definition) is 1. The van der Waals surface area contributed by atoms with E-state index in [-0.39, 0.29) is 10.8 Å². The van der Waals surface area contributed by atoms with Crippen molar-refractivity contribution in [1.29, 1.82) is 0 Å². The Kier molecular flexibility index (Phi) is 4.45. The van der Waals surface area contributed by atoms with Gasteiger partial charge >= 0.3 is 0 Å². The van der Waals surface area contributed by atoms with Crippen LogP contribution in [-0.2, 0) is 16.6 Å². The van der Waals surface area contributed by atoms with Crippen LogP contribution in [0, 0.1) is 0 Å². The average Bonchev–Trinajstić information content (AvgIpc) is 2.74. The Morgan fingerprint density at radius 2 is 2.06 bits per heavy atom. The third-order valence-electron chi connectivity index (χ3n) is 2.17. The highest BCUT2D eigenvalue weighted by atomic mass is 79.9. The quantitative estimate of drug-likeness (QED) is 0.898. The summed E-state index contributed by atoms with van der Waals surface area (Å²) in [5, 5.41) is 0.588. The van der Waals surface area contributed by atoms with Crippen LogP contribution in [-0.4, -0.2) is 8.42 Å². The maximum atomic E-state index is 11.9. The van der Waals surface area contributed by atoms with Crippen molar-refractivity contribution in [2.24, 2.45) is 0 Å². The summed E-state index contributed by atoms with van der Waals surface area (Å²) in [6.07, 6.45) is 0. The maximum absolute atomic E-state index is 11.9. The lowest BCUT2D eigenvalue weighted by molar-refractivity contribution is 0.583. The van der Waals surface area contributed by atoms with Crippen LogP contribution >= 0.6 is 38.9 Å². The van der Waals surface area contributed by atoms with Gasteiger partial charge in [0.25, 0.3) is 0 Å². The molecular formula is C11H9BrClNO2S2. The molecule has 96 valence electrons. The predicted molar refractivity (Wildman–Crippen MR) is 77.5 cm³/mol. The van der Waals surface area contributed by atoms with Crippen LogP contribution in [0.25, 0.3) is 0 Å². The molecule has 1 aromatic carbocycles. The molecule has 0 bridgehead atoms. The van der Waals surface area contributed by atoms with Crippen LogP contribution < -0.4 is 4.72 Å². The van der Waals surface area contributed by atoms with Gasteiger partial charge in [-0.1, -0.05) is 23.7 Å². The number of benzene rings is 1. The minimum Gasteiger partial charge on any atom is -0.206 e. The Bertz CT molecular complexity index is 655. The summed E-state index contributed by atoms with van der Waals surface area (Å²) in [6.45, 7) is 0.221. The van der Waals surface area contributed by atoms with Gasteiger partial charge in [-0.15, -0.1) is 11.3 Å². The third kappa shape index (κ3) is 3.55. The normalized spacial score (nSPS) is 11.7. The molecule has 0 fully saturated rings. The van der Waals surface area contributed by atoms with Gasteiger partial charge in [0.2, 0.25) is 10.0 Å². The standard InChI is InChI=1S/C11H9BrClNO2S2/c12-10-4-5-11(17-10)18(15,16)14-7-8-2-1-3-9(13)6-8/h1-6,14H,7H2. The third-order valence-corrected chi connectivity index (χ3v) is 5.92. The fraction of sp³-hybridized carbons (Fsp3) is 0.0909. The topological polar surface area (TPSA) is 46.2 Å². The average molecular weight is 367 g/mol. The zero-order valence-electron chi connectivity index (χ0n) is 9.06. The van der Waals surface area contributed by atoms with Crippen molar-refractivity contribution in [2.75, 3.05) is 0 Å². The summed E-state index contributed by atoms with van der Waals surface area (Å²) < 4.78 is 27.5. The molecule has 1 aromatic heterocycles. The fourth-order valence-electron chi connectivity index (χ4n) is 1.34. The molecule has 0 aliphatic heterocycles. The van der Waals surface area contributed by atoms with E-state index >= 15 is 0 Å². The molecule has 0 unspecified atom stereocenters. The minimum absolute atomic E-state index is 0.221. The van der Waals surface area contributed by atoms with Gasteiger partial charge in [0.15, 0.2) is 0 Å². The van der Waals surface area contributed by atoms with Gasteiger partial charge in [0.1, 0.15) is 4.21 Å². The first-order valence-electron chi connectivity index (χ1n) is 4.97. The van der Waals surface area contributed by atoms with Crippen molar-refractivity contribution in [1.82, 2.24) is 4.72 Å². The molecule has 0 atom stereocenters. The molecule has 0 aliphatic carbocycles. The molecule has 0 saturated heterocycles. The SMILES string of the molecule is O=S(=O)(NCc1cccc(Cl)c1)c1ccc(Br)s1. The molecule has 0 amide bonds. The molecule has 7 heteroatoms. The first-order valence-corrected chi connectivity index (χ1v) is 8.44. The van der Waals surface area contributed by atoms with Gasteiger partial charge in [-0.05, 0) is 45.8 Å². The highest BCUT2D eigenvalue weighted by Crippen LogP contribution is 2.25. The van der Waals surface area contributed by atoms with Crippen LogP contribution in [0.4, 0.5) is 0 Å². The molecule has 0 spiro atoms. The van der Waals surface area contributed by atoms with Crippen LogP contribution in [0.5, 0.6) is 0 Å². The summed E-state index contributed by atoms with van der Waals surface area (Å²) in [6, 6.07) is 10.4. The van der Waals surface area contributed by atoms with E-state index in [1.165, 1.54) is 11.3 Å². The first kappa shape index (κ1) is 14.0. The Balaban J connectivity index is 2.10. The molecule has 1 N–H and O–H groups in total. The maximum Gasteiger partial charge on any atom is 0.250 e. The van der Waals surface area contributed by atoms with Gasteiger partial charge < -0.3 is 0 Å². The Labute approximate surface area is 123 Å². The molecule has 1 heterocycles. The lowest BCUT2D eigenvalue weighted by Crippen LogP contribution is -2.22. The summed E-state index contributed by atoms with van der Waals surface area (Å²) in [5.41, 5.74) is 0.821. The summed E-state index contributed by atoms with van der Waals surface area (Å²) >= 11 is 10.2. The van der Waals surface area contributed by atoms with Crippen molar-refractivity contribution in [2.45, 2.75) is 10.8 Å². The number of halogens is 2. The van der Waals surface area contributed by atoms with Gasteiger partial charge in [-0.25, -0.2) is 13.1 Å². The number of rotatable bonds is 4. The van der Waals surface area contributed by atoms with E-state index in [0.717, 1.165) is 9.35 Å². The monoisotopic (exact) mass is 365 g/mol. The van der Waals surface area contributed by atoms with Crippen LogP contribution in [0.3, 0.4) is 0 Å². The second-order valence-corrected chi connectivity index (χ2v) is 8.41. The molecule has 0 radical (unpaired) electrons. The van der Waals surface area contributed by atoms with E-state index in [2.05, 4.69) is 20.7 Å². The zero-order valence-corrected chi connectivity index (χ0v) is 13.0. The van der Waals surface area contributed by atoms with Crippen molar-refractivity contribution in [3.05, 3.63) is 50.8 Å². The highest BCUT2D eigenvalue weighted by molar-refractivity contribution is 9.11. The second kappa shape index (κ2) is 5.71. The van der Waals surface area contributed by atoms with Crippen molar-refractivity contribution < 1.29 is 8.42 Å². The van der Waals surface area contributed by atoms with Gasteiger partial charge in [-0.3, -0.25) is 0 Å². The molecule has 2 rings (SSSR count). The number of thiophene rings is 1. The van der Waals surface area contributed by atoms with Gasteiger partial charge in [0, 0.05) is 11.6 Å². The predicted octanol–water partition coefficient (Wildman–Crippen LogP) is 3.64. The summed E-state index contributed by atoms with van der Waals surface area (Å²) in [5.74, 6) is 0. The number of hydrogen-bond acceptors (Lipinski definition) is 3. The fourth-order valence-corrected chi connectivity index (χ4v) is 4.62. The van der Waals surface area contributed by atoms with E-state index < -0.39 is 10.0 Å². The lowest BCUT2D eigenvalue weighted by Gasteiger charge is -2.05. The Morgan fingerprint density at radius 1 is 1.28 bits per heavy atom. The molecule has 2 aromatic rings. The van der Waals surface area contributed by atoms with E-state index in [1.807, 2.05) is 6.07 Å². The number of sulfonamides is 1. The second-order valence-electron chi connectivity index (χ2n) is 3.51. The van der Waals surface area contributed by atoms with Crippen LogP contribution in [0.1, 0.15) is 5.56 Å². The van der Waals surface area contributed by atoms with Crippen molar-refractivity contribution in [3.8, 4) is 0 Å². The Hall–Kier alpha value is -0.400. The van der Waals surface area contributed by atoms with E-state index in [4.69, 9.17) is 11.6 Å². The number of nitrogens with one attached hydrogen (secondary N) is 1. The van der Waals surface area contributed by atoms with E-state index in [1.54, 1.807) is 30.3 Å². The highest BCUT2D eigenvalue weighted by Gasteiger charge is 2.15. The molecule has 0 saturated carbocycles.